The number of nitro benzene ring substituents is 1. The summed E-state index contributed by atoms with van der Waals surface area (Å²) < 4.78 is 38.1. The number of nitro groups is 1. The van der Waals surface area contributed by atoms with E-state index in [1.165, 1.54) is 0 Å². The summed E-state index contributed by atoms with van der Waals surface area (Å²) in [5.74, 6) is 0. The Kier molecular flexibility index (Phi) is 4.13. The molecule has 0 heterocycles. The molecule has 0 spiro atoms. The van der Waals surface area contributed by atoms with Crippen molar-refractivity contribution in [2.75, 3.05) is 0 Å². The predicted octanol–water partition coefficient (Wildman–Crippen LogP) is 3.94. The normalized spacial score (nSPS) is 13.5. The van der Waals surface area contributed by atoms with E-state index < -0.39 is 22.4 Å². The van der Waals surface area contributed by atoms with Crippen molar-refractivity contribution in [3.05, 3.63) is 39.4 Å². The molecule has 0 bridgehead atoms. The third-order valence-corrected chi connectivity index (χ3v) is 2.43. The second-order valence-electron chi connectivity index (χ2n) is 3.58. The third-order valence-electron chi connectivity index (χ3n) is 2.11. The molecule has 0 saturated heterocycles. The van der Waals surface area contributed by atoms with E-state index in [1.54, 1.807) is 6.92 Å². The summed E-state index contributed by atoms with van der Waals surface area (Å²) in [6.07, 6.45) is -4.42. The minimum absolute atomic E-state index is 0.0486. The monoisotopic (exact) mass is 311 g/mol. The minimum Gasteiger partial charge on any atom is -0.258 e. The molecule has 1 aromatic rings. The van der Waals surface area contributed by atoms with Crippen LogP contribution in [0.2, 0.25) is 0 Å². The maximum atomic E-state index is 12.7. The molecule has 7 heteroatoms. The van der Waals surface area contributed by atoms with Gasteiger partial charge in [0.1, 0.15) is 0 Å². The molecule has 0 N–H and O–H groups in total. The van der Waals surface area contributed by atoms with Crippen LogP contribution < -0.4 is 0 Å². The Morgan fingerprint density at radius 2 is 2.06 bits per heavy atom. The summed E-state index contributed by atoms with van der Waals surface area (Å²) in [5.41, 5.74) is -1.45. The molecule has 0 saturated carbocycles. The molecule has 0 amide bonds. The largest absolute Gasteiger partial charge is 0.416 e. The Morgan fingerprint density at radius 3 is 2.47 bits per heavy atom. The Balaban J connectivity index is 3.27. The third kappa shape index (κ3) is 3.69. The van der Waals surface area contributed by atoms with Gasteiger partial charge in [-0.05, 0) is 12.0 Å². The molecule has 1 atom stereocenters. The lowest BCUT2D eigenvalue weighted by Crippen LogP contribution is -2.12. The number of nitrogens with zero attached hydrogens (tertiary/aromatic N) is 1. The van der Waals surface area contributed by atoms with Crippen molar-refractivity contribution < 1.29 is 18.1 Å². The first-order valence-corrected chi connectivity index (χ1v) is 5.62. The molecule has 0 fully saturated rings. The van der Waals surface area contributed by atoms with E-state index in [9.17, 15) is 23.3 Å². The highest BCUT2D eigenvalue weighted by molar-refractivity contribution is 9.09. The van der Waals surface area contributed by atoms with E-state index in [4.69, 9.17) is 0 Å². The zero-order valence-electron chi connectivity index (χ0n) is 8.79. The van der Waals surface area contributed by atoms with Crippen LogP contribution in [0.15, 0.2) is 18.2 Å². The number of rotatable bonds is 3. The van der Waals surface area contributed by atoms with Gasteiger partial charge in [0.15, 0.2) is 0 Å². The number of benzene rings is 1. The van der Waals surface area contributed by atoms with Crippen molar-refractivity contribution in [1.82, 2.24) is 0 Å². The average molecular weight is 312 g/mol. The number of halogens is 4. The lowest BCUT2D eigenvalue weighted by molar-refractivity contribution is -0.385. The van der Waals surface area contributed by atoms with Crippen LogP contribution in [0.5, 0.6) is 0 Å². The van der Waals surface area contributed by atoms with Crippen molar-refractivity contribution in [3.63, 3.8) is 0 Å². The minimum atomic E-state index is -4.58. The predicted molar refractivity (Wildman–Crippen MR) is 60.2 cm³/mol. The molecule has 0 radical (unpaired) electrons. The Bertz CT molecular complexity index is 432. The average Bonchev–Trinajstić information content (AvgIpc) is 2.15. The van der Waals surface area contributed by atoms with E-state index >= 15 is 0 Å². The van der Waals surface area contributed by atoms with Gasteiger partial charge in [-0.25, -0.2) is 0 Å². The van der Waals surface area contributed by atoms with E-state index in [2.05, 4.69) is 15.9 Å². The first-order valence-electron chi connectivity index (χ1n) is 4.70. The number of alkyl halides is 4. The first kappa shape index (κ1) is 14.0. The quantitative estimate of drug-likeness (QED) is 0.482. The molecule has 0 aromatic heterocycles. The van der Waals surface area contributed by atoms with Crippen LogP contribution in [0.25, 0.3) is 0 Å². The highest BCUT2D eigenvalue weighted by Gasteiger charge is 2.35. The summed E-state index contributed by atoms with van der Waals surface area (Å²) in [4.78, 5) is 9.47. The smallest absolute Gasteiger partial charge is 0.258 e. The van der Waals surface area contributed by atoms with Gasteiger partial charge in [-0.15, -0.1) is 0 Å². The molecule has 17 heavy (non-hydrogen) atoms. The van der Waals surface area contributed by atoms with Gasteiger partial charge in [0.2, 0.25) is 0 Å². The van der Waals surface area contributed by atoms with Crippen molar-refractivity contribution in [3.8, 4) is 0 Å². The molecular formula is C10H9BrF3NO2. The maximum Gasteiger partial charge on any atom is 0.416 e. The van der Waals surface area contributed by atoms with Crippen LogP contribution in [-0.2, 0) is 12.6 Å². The topological polar surface area (TPSA) is 43.1 Å². The van der Waals surface area contributed by atoms with Crippen LogP contribution in [0.3, 0.4) is 0 Å². The van der Waals surface area contributed by atoms with Gasteiger partial charge >= 0.3 is 6.18 Å². The Morgan fingerprint density at radius 1 is 1.47 bits per heavy atom. The second-order valence-corrected chi connectivity index (χ2v) is 5.14. The summed E-state index contributed by atoms with van der Waals surface area (Å²) in [5, 5.41) is 10.4. The molecule has 0 aliphatic rings. The maximum absolute atomic E-state index is 12.7. The van der Waals surface area contributed by atoms with Gasteiger partial charge in [-0.2, -0.15) is 13.2 Å². The fourth-order valence-corrected chi connectivity index (χ4v) is 1.77. The van der Waals surface area contributed by atoms with Gasteiger partial charge in [0, 0.05) is 17.0 Å². The molecular weight excluding hydrogens is 303 g/mol. The molecule has 1 aromatic carbocycles. The van der Waals surface area contributed by atoms with Crippen LogP contribution in [0.4, 0.5) is 18.9 Å². The van der Waals surface area contributed by atoms with Gasteiger partial charge in [0.25, 0.3) is 5.69 Å². The second kappa shape index (κ2) is 5.03. The summed E-state index contributed by atoms with van der Waals surface area (Å²) >= 11 is 3.16. The standard InChI is InChI=1S/C10H9BrF3NO2/c1-6(11)4-7-2-3-8(15(16)17)5-9(7)10(12,13)14/h2-3,5-6H,4H2,1H3. The van der Waals surface area contributed by atoms with E-state index in [0.717, 1.165) is 12.1 Å². The number of hydrogen-bond donors (Lipinski definition) is 0. The van der Waals surface area contributed by atoms with Crippen molar-refractivity contribution in [1.29, 1.82) is 0 Å². The number of non-ortho nitro benzene ring substituents is 1. The van der Waals surface area contributed by atoms with Gasteiger partial charge in [-0.3, -0.25) is 10.1 Å². The van der Waals surface area contributed by atoms with E-state index in [-0.39, 0.29) is 16.8 Å². The van der Waals surface area contributed by atoms with Gasteiger partial charge in [-0.1, -0.05) is 28.9 Å². The molecule has 94 valence electrons. The summed E-state index contributed by atoms with van der Waals surface area (Å²) in [7, 11) is 0. The first-order chi connectivity index (χ1) is 7.71. The van der Waals surface area contributed by atoms with Gasteiger partial charge < -0.3 is 0 Å². The SMILES string of the molecule is CC(Br)Cc1ccc([N+](=O)[O-])cc1C(F)(F)F. The zero-order valence-corrected chi connectivity index (χ0v) is 10.4. The van der Waals surface area contributed by atoms with Crippen LogP contribution in [-0.4, -0.2) is 9.75 Å². The van der Waals surface area contributed by atoms with Crippen molar-refractivity contribution in [2.24, 2.45) is 0 Å². The fraction of sp³-hybridized carbons (Fsp3) is 0.400. The summed E-state index contributed by atoms with van der Waals surface area (Å²) in [6, 6.07) is 2.81. The van der Waals surface area contributed by atoms with Crippen LogP contribution >= 0.6 is 15.9 Å². The lowest BCUT2D eigenvalue weighted by atomic mass is 10.0. The molecule has 1 unspecified atom stereocenters. The molecule has 0 aliphatic carbocycles. The highest BCUT2D eigenvalue weighted by Crippen LogP contribution is 2.35. The van der Waals surface area contributed by atoms with Crippen LogP contribution in [0, 0.1) is 10.1 Å². The highest BCUT2D eigenvalue weighted by atomic mass is 79.9. The van der Waals surface area contributed by atoms with Crippen LogP contribution in [0.1, 0.15) is 18.1 Å². The van der Waals surface area contributed by atoms with E-state index in [0.29, 0.717) is 6.07 Å². The zero-order chi connectivity index (χ0) is 13.2. The Labute approximate surface area is 104 Å². The fourth-order valence-electron chi connectivity index (χ4n) is 1.42. The van der Waals surface area contributed by atoms with E-state index in [1.807, 2.05) is 0 Å². The number of hydrogen-bond acceptors (Lipinski definition) is 2. The van der Waals surface area contributed by atoms with Gasteiger partial charge in [0.05, 0.1) is 10.5 Å². The summed E-state index contributed by atoms with van der Waals surface area (Å²) in [6.45, 7) is 1.71. The molecule has 3 nitrogen and oxygen atoms in total. The van der Waals surface area contributed by atoms with Crippen molar-refractivity contribution >= 4 is 21.6 Å². The lowest BCUT2D eigenvalue weighted by Gasteiger charge is -2.13. The Hall–Kier alpha value is -1.11. The molecule has 1 rings (SSSR count). The molecule has 0 aliphatic heterocycles. The van der Waals surface area contributed by atoms with Crippen molar-refractivity contribution in [2.45, 2.75) is 24.3 Å².